The molecule has 0 bridgehead atoms. The predicted molar refractivity (Wildman–Crippen MR) is 160 cm³/mol. The number of ether oxygens (including phenoxy) is 1. The van der Waals surface area contributed by atoms with Gasteiger partial charge in [0, 0.05) is 36.9 Å². The van der Waals surface area contributed by atoms with Gasteiger partial charge in [-0.1, -0.05) is 26.2 Å². The summed E-state index contributed by atoms with van der Waals surface area (Å²) < 4.78 is 44.9. The average molecular weight is 620 g/mol. The van der Waals surface area contributed by atoms with Crippen LogP contribution in [0.3, 0.4) is 0 Å². The highest BCUT2D eigenvalue weighted by atomic mass is 19.4. The van der Waals surface area contributed by atoms with Crippen LogP contribution in [0.15, 0.2) is 42.5 Å². The number of aliphatic hydroxyl groups excluding tert-OH is 1. The number of urea groups is 2. The molecule has 0 spiro atoms. The first-order chi connectivity index (χ1) is 20.8. The molecule has 5 amide bonds. The summed E-state index contributed by atoms with van der Waals surface area (Å²) in [4.78, 5) is 42.4. The van der Waals surface area contributed by atoms with Crippen LogP contribution >= 0.6 is 0 Å². The highest BCUT2D eigenvalue weighted by Gasteiger charge is 2.34. The first-order valence-corrected chi connectivity index (χ1v) is 14.8. The molecule has 10 nitrogen and oxygen atoms in total. The number of hydrogen-bond acceptors (Lipinski definition) is 5. The number of nitrogens with zero attached hydrogens (tertiary/aromatic N) is 2. The maximum absolute atomic E-state index is 13.7. The van der Waals surface area contributed by atoms with Gasteiger partial charge in [0.25, 0.3) is 5.91 Å². The molecule has 1 aliphatic heterocycles. The highest BCUT2D eigenvalue weighted by Crippen LogP contribution is 2.32. The zero-order chi connectivity index (χ0) is 32.0. The SMILES string of the molecule is C[C@H]1CN([C@@H](C)CO)C(=O)c2cc(NC(=O)Nc3ccc(C(F)(F)F)cc3)ccc2O[C@@H]1CN(C)C(=O)NC1CCCCC1. The first kappa shape index (κ1) is 32.9. The Morgan fingerprint density at radius 3 is 2.34 bits per heavy atom. The minimum atomic E-state index is -4.49. The van der Waals surface area contributed by atoms with Crippen molar-refractivity contribution < 1.29 is 37.4 Å². The molecule has 2 aliphatic rings. The predicted octanol–water partition coefficient (Wildman–Crippen LogP) is 5.54. The zero-order valence-electron chi connectivity index (χ0n) is 25.1. The van der Waals surface area contributed by atoms with E-state index in [-0.39, 0.29) is 60.4 Å². The molecule has 1 saturated carbocycles. The fourth-order valence-corrected chi connectivity index (χ4v) is 5.44. The normalized spacial score (nSPS) is 20.0. The zero-order valence-corrected chi connectivity index (χ0v) is 25.1. The third kappa shape index (κ3) is 8.34. The van der Waals surface area contributed by atoms with Crippen molar-refractivity contribution >= 4 is 29.3 Å². The Morgan fingerprint density at radius 2 is 1.70 bits per heavy atom. The Labute approximate surface area is 254 Å². The molecule has 44 heavy (non-hydrogen) atoms. The van der Waals surface area contributed by atoms with Gasteiger partial charge in [-0.2, -0.15) is 13.2 Å². The molecule has 0 radical (unpaired) electrons. The average Bonchev–Trinajstić information content (AvgIpc) is 2.99. The summed E-state index contributed by atoms with van der Waals surface area (Å²) in [5, 5.41) is 18.1. The van der Waals surface area contributed by atoms with Crippen molar-refractivity contribution in [3.63, 3.8) is 0 Å². The van der Waals surface area contributed by atoms with E-state index in [0.717, 1.165) is 49.9 Å². The van der Waals surface area contributed by atoms with Crippen LogP contribution < -0.4 is 20.7 Å². The lowest BCUT2D eigenvalue weighted by atomic mass is 9.96. The van der Waals surface area contributed by atoms with Crippen LogP contribution in [0.4, 0.5) is 34.1 Å². The third-order valence-electron chi connectivity index (χ3n) is 8.13. The minimum Gasteiger partial charge on any atom is -0.487 e. The summed E-state index contributed by atoms with van der Waals surface area (Å²) in [6.07, 6.45) is 0.293. The number of alkyl halides is 3. The van der Waals surface area contributed by atoms with Crippen LogP contribution in [-0.4, -0.2) is 77.8 Å². The van der Waals surface area contributed by atoms with Gasteiger partial charge in [-0.3, -0.25) is 4.79 Å². The van der Waals surface area contributed by atoms with Gasteiger partial charge in [0.2, 0.25) is 0 Å². The van der Waals surface area contributed by atoms with Gasteiger partial charge in [-0.25, -0.2) is 9.59 Å². The molecule has 4 N–H and O–H groups in total. The van der Waals surface area contributed by atoms with Gasteiger partial charge in [-0.15, -0.1) is 0 Å². The highest BCUT2D eigenvalue weighted by molar-refractivity contribution is 6.02. The number of nitrogens with one attached hydrogen (secondary N) is 3. The summed E-state index contributed by atoms with van der Waals surface area (Å²) in [5.74, 6) is -0.336. The molecule has 1 fully saturated rings. The van der Waals surface area contributed by atoms with Crippen LogP contribution in [-0.2, 0) is 6.18 Å². The van der Waals surface area contributed by atoms with Crippen molar-refractivity contribution in [2.45, 2.75) is 70.3 Å². The number of likely N-dealkylation sites (N-methyl/N-ethyl adjacent to an activating group) is 1. The van der Waals surface area contributed by atoms with Crippen molar-refractivity contribution in [1.82, 2.24) is 15.1 Å². The molecular weight excluding hydrogens is 579 g/mol. The molecule has 2 aromatic rings. The monoisotopic (exact) mass is 619 g/mol. The number of aliphatic hydroxyl groups is 1. The number of rotatable bonds is 7. The number of halogens is 3. The van der Waals surface area contributed by atoms with Gasteiger partial charge in [-0.05, 0) is 62.2 Å². The lowest BCUT2D eigenvalue weighted by Crippen LogP contribution is -2.52. The van der Waals surface area contributed by atoms with E-state index in [9.17, 15) is 32.7 Å². The Kier molecular flexibility index (Phi) is 10.6. The fraction of sp³-hybridized carbons (Fsp3) is 0.516. The summed E-state index contributed by atoms with van der Waals surface area (Å²) in [6, 6.07) is 7.28. The van der Waals surface area contributed by atoms with E-state index < -0.39 is 35.8 Å². The molecule has 0 aromatic heterocycles. The van der Waals surface area contributed by atoms with E-state index in [1.165, 1.54) is 12.5 Å². The molecule has 0 saturated heterocycles. The van der Waals surface area contributed by atoms with Gasteiger partial charge in [0.05, 0.1) is 30.3 Å². The number of benzene rings is 2. The summed E-state index contributed by atoms with van der Waals surface area (Å²) in [7, 11) is 1.70. The minimum absolute atomic E-state index is 0.149. The molecule has 2 aromatic carbocycles. The number of anilines is 2. The number of hydrogen-bond donors (Lipinski definition) is 4. The van der Waals surface area contributed by atoms with Crippen LogP contribution in [0.2, 0.25) is 0 Å². The second kappa shape index (κ2) is 14.2. The van der Waals surface area contributed by atoms with E-state index >= 15 is 0 Å². The van der Waals surface area contributed by atoms with E-state index in [1.807, 2.05) is 6.92 Å². The standard InChI is InChI=1S/C31H40F3N5O5/c1-19-16-39(20(2)18-40)28(41)25-15-24(36-29(42)35-23-11-9-21(10-12-23)31(32,33)34)13-14-26(25)44-27(19)17-38(3)30(43)37-22-7-5-4-6-8-22/h9-15,19-20,22,27,40H,4-8,16-18H2,1-3H3,(H,37,43)(H2,35,36,42)/t19-,20-,27+/m0/s1. The Morgan fingerprint density at radius 1 is 1.07 bits per heavy atom. The molecular formula is C31H40F3N5O5. The number of amides is 5. The van der Waals surface area contributed by atoms with E-state index in [4.69, 9.17) is 4.74 Å². The topological polar surface area (TPSA) is 123 Å². The van der Waals surface area contributed by atoms with Crippen LogP contribution in [0.25, 0.3) is 0 Å². The maximum Gasteiger partial charge on any atom is 0.416 e. The molecule has 0 unspecified atom stereocenters. The van der Waals surface area contributed by atoms with Crippen LogP contribution in [0, 0.1) is 5.92 Å². The molecule has 1 heterocycles. The quantitative estimate of drug-likeness (QED) is 0.324. The molecule has 4 rings (SSSR count). The second-order valence-corrected chi connectivity index (χ2v) is 11.7. The third-order valence-corrected chi connectivity index (χ3v) is 8.13. The molecule has 3 atom stereocenters. The number of carbonyl (C=O) groups excluding carboxylic acids is 3. The van der Waals surface area contributed by atoms with Crippen molar-refractivity contribution in [3.8, 4) is 5.75 Å². The summed E-state index contributed by atoms with van der Waals surface area (Å²) >= 11 is 0. The fourth-order valence-electron chi connectivity index (χ4n) is 5.44. The smallest absolute Gasteiger partial charge is 0.416 e. The molecule has 1 aliphatic carbocycles. The van der Waals surface area contributed by atoms with Crippen molar-refractivity contribution in [1.29, 1.82) is 0 Å². The van der Waals surface area contributed by atoms with Crippen molar-refractivity contribution in [3.05, 3.63) is 53.6 Å². The number of fused-ring (bicyclic) bond motifs is 1. The van der Waals surface area contributed by atoms with Gasteiger partial charge in [0.1, 0.15) is 11.9 Å². The van der Waals surface area contributed by atoms with E-state index in [0.29, 0.717) is 0 Å². The second-order valence-electron chi connectivity index (χ2n) is 11.7. The van der Waals surface area contributed by atoms with Crippen molar-refractivity contribution in [2.75, 3.05) is 37.4 Å². The Balaban J connectivity index is 1.51. The molecule has 13 heteroatoms. The van der Waals surface area contributed by atoms with Crippen molar-refractivity contribution in [2.24, 2.45) is 5.92 Å². The molecule has 240 valence electrons. The maximum atomic E-state index is 13.7. The van der Waals surface area contributed by atoms with Gasteiger partial charge < -0.3 is 35.6 Å². The van der Waals surface area contributed by atoms with Gasteiger partial charge in [0.15, 0.2) is 0 Å². The van der Waals surface area contributed by atoms with E-state index in [1.54, 1.807) is 35.9 Å². The summed E-state index contributed by atoms with van der Waals surface area (Å²) in [5.41, 5.74) is -0.286. The van der Waals surface area contributed by atoms with E-state index in [2.05, 4.69) is 16.0 Å². The summed E-state index contributed by atoms with van der Waals surface area (Å²) in [6.45, 7) is 3.90. The Bertz CT molecular complexity index is 1320. The van der Waals surface area contributed by atoms with Crippen LogP contribution in [0.1, 0.15) is 61.9 Å². The van der Waals surface area contributed by atoms with Gasteiger partial charge >= 0.3 is 18.2 Å². The number of carbonyl (C=O) groups is 3. The van der Waals surface area contributed by atoms with Crippen LogP contribution in [0.5, 0.6) is 5.75 Å². The largest absolute Gasteiger partial charge is 0.487 e. The lowest BCUT2D eigenvalue weighted by molar-refractivity contribution is -0.137. The Hall–Kier alpha value is -4.00. The first-order valence-electron chi connectivity index (χ1n) is 14.8. The lowest BCUT2D eigenvalue weighted by Gasteiger charge is -2.38.